The van der Waals surface area contributed by atoms with Crippen molar-refractivity contribution in [3.05, 3.63) is 71.7 Å². The lowest BCUT2D eigenvalue weighted by atomic mass is 10.1. The highest BCUT2D eigenvalue weighted by Crippen LogP contribution is 2.30. The molecule has 30 heavy (non-hydrogen) atoms. The fraction of sp³-hybridized carbons (Fsp3) is 0.182. The number of amides is 2. The van der Waals surface area contributed by atoms with Crippen LogP contribution < -0.4 is 5.32 Å². The van der Waals surface area contributed by atoms with Gasteiger partial charge in [-0.15, -0.1) is 0 Å². The van der Waals surface area contributed by atoms with Gasteiger partial charge in [-0.25, -0.2) is 9.50 Å². The molecular formula is C22H21N5O2S. The van der Waals surface area contributed by atoms with E-state index < -0.39 is 5.91 Å². The summed E-state index contributed by atoms with van der Waals surface area (Å²) in [6.07, 6.45) is 1.76. The standard InChI is InChI=1S/C22H21N5O2S/c1-14-12-15(2)25-27-20(14)19(16-8-5-4-6-9-16)24-22(27)30-13-18(28)23-21(29)17-10-7-11-26(17)3/h4-12H,13H2,1-3H3,(H,23,28,29). The zero-order chi connectivity index (χ0) is 21.3. The Bertz CT molecular complexity index is 1240. The van der Waals surface area contributed by atoms with Crippen LogP contribution in [0, 0.1) is 13.8 Å². The zero-order valence-corrected chi connectivity index (χ0v) is 17.7. The highest BCUT2D eigenvalue weighted by atomic mass is 32.2. The van der Waals surface area contributed by atoms with Crippen molar-refractivity contribution in [2.75, 3.05) is 5.75 Å². The van der Waals surface area contributed by atoms with Gasteiger partial charge in [0.2, 0.25) is 5.91 Å². The monoisotopic (exact) mass is 419 g/mol. The van der Waals surface area contributed by atoms with Gasteiger partial charge in [-0.3, -0.25) is 14.9 Å². The topological polar surface area (TPSA) is 81.3 Å². The van der Waals surface area contributed by atoms with Crippen molar-refractivity contribution >= 4 is 29.1 Å². The molecule has 0 atom stereocenters. The molecule has 0 radical (unpaired) electrons. The summed E-state index contributed by atoms with van der Waals surface area (Å²) in [7, 11) is 1.76. The van der Waals surface area contributed by atoms with Gasteiger partial charge in [0.15, 0.2) is 5.16 Å². The number of carbonyl (C=O) groups is 2. The number of aryl methyl sites for hydroxylation is 3. The second kappa shape index (κ2) is 8.16. The summed E-state index contributed by atoms with van der Waals surface area (Å²) >= 11 is 1.25. The van der Waals surface area contributed by atoms with Crippen LogP contribution in [0.25, 0.3) is 16.8 Å². The van der Waals surface area contributed by atoms with Crippen molar-refractivity contribution in [1.29, 1.82) is 0 Å². The van der Waals surface area contributed by atoms with Gasteiger partial charge in [0.05, 0.1) is 22.7 Å². The number of benzene rings is 1. The summed E-state index contributed by atoms with van der Waals surface area (Å²) in [6.45, 7) is 3.95. The predicted octanol–water partition coefficient (Wildman–Crippen LogP) is 3.40. The molecule has 0 spiro atoms. The van der Waals surface area contributed by atoms with E-state index in [9.17, 15) is 9.59 Å². The van der Waals surface area contributed by atoms with Crippen molar-refractivity contribution in [1.82, 2.24) is 24.5 Å². The van der Waals surface area contributed by atoms with Crippen LogP contribution in [0.3, 0.4) is 0 Å². The Morgan fingerprint density at radius 1 is 1.10 bits per heavy atom. The number of hydrogen-bond acceptors (Lipinski definition) is 5. The predicted molar refractivity (Wildman–Crippen MR) is 117 cm³/mol. The number of imide groups is 1. The van der Waals surface area contributed by atoms with Crippen LogP contribution in [0.5, 0.6) is 0 Å². The number of aromatic nitrogens is 4. The van der Waals surface area contributed by atoms with E-state index in [2.05, 4.69) is 10.4 Å². The number of carbonyl (C=O) groups excluding carboxylic acids is 2. The van der Waals surface area contributed by atoms with Gasteiger partial charge in [-0.1, -0.05) is 42.1 Å². The largest absolute Gasteiger partial charge is 0.347 e. The van der Waals surface area contributed by atoms with E-state index in [1.165, 1.54) is 11.8 Å². The Morgan fingerprint density at radius 3 is 2.57 bits per heavy atom. The molecule has 0 saturated heterocycles. The lowest BCUT2D eigenvalue weighted by molar-refractivity contribution is -0.117. The molecule has 7 nitrogen and oxygen atoms in total. The number of thioether (sulfide) groups is 1. The minimum Gasteiger partial charge on any atom is -0.347 e. The molecule has 0 aliphatic heterocycles. The first-order valence-electron chi connectivity index (χ1n) is 9.45. The van der Waals surface area contributed by atoms with Gasteiger partial charge in [-0.2, -0.15) is 5.10 Å². The van der Waals surface area contributed by atoms with Gasteiger partial charge < -0.3 is 4.57 Å². The van der Waals surface area contributed by atoms with Crippen LogP contribution in [0.15, 0.2) is 59.9 Å². The van der Waals surface area contributed by atoms with E-state index in [1.807, 2.05) is 50.2 Å². The maximum atomic E-state index is 12.4. The molecule has 8 heteroatoms. The van der Waals surface area contributed by atoms with Gasteiger partial charge >= 0.3 is 0 Å². The molecule has 0 bridgehead atoms. The van der Waals surface area contributed by atoms with E-state index in [-0.39, 0.29) is 11.7 Å². The molecule has 2 amide bonds. The maximum absolute atomic E-state index is 12.4. The Balaban J connectivity index is 1.59. The first kappa shape index (κ1) is 19.9. The van der Waals surface area contributed by atoms with E-state index in [0.29, 0.717) is 10.9 Å². The third-order valence-corrected chi connectivity index (χ3v) is 5.62. The Hall–Kier alpha value is -3.39. The number of rotatable bonds is 5. The summed E-state index contributed by atoms with van der Waals surface area (Å²) in [5, 5.41) is 7.64. The molecule has 0 aliphatic rings. The SMILES string of the molecule is Cc1cc(C)c2c(-c3ccccc3)nc(SCC(=O)NC(=O)c3cccn3C)n2n1. The van der Waals surface area contributed by atoms with Gasteiger partial charge in [0.25, 0.3) is 5.91 Å². The van der Waals surface area contributed by atoms with Crippen molar-refractivity contribution < 1.29 is 9.59 Å². The first-order valence-corrected chi connectivity index (χ1v) is 10.4. The lowest BCUT2D eigenvalue weighted by Gasteiger charge is -2.06. The maximum Gasteiger partial charge on any atom is 0.274 e. The molecule has 0 unspecified atom stereocenters. The molecule has 0 saturated carbocycles. The van der Waals surface area contributed by atoms with Gasteiger partial charge in [0, 0.05) is 18.8 Å². The van der Waals surface area contributed by atoms with E-state index in [4.69, 9.17) is 4.98 Å². The minimum atomic E-state index is -0.420. The quantitative estimate of drug-likeness (QED) is 0.502. The molecule has 152 valence electrons. The Morgan fingerprint density at radius 2 is 1.87 bits per heavy atom. The third-order valence-electron chi connectivity index (χ3n) is 4.69. The summed E-state index contributed by atoms with van der Waals surface area (Å²) in [5.41, 5.74) is 5.07. The first-order chi connectivity index (χ1) is 14.4. The fourth-order valence-corrected chi connectivity index (χ4v) is 4.09. The van der Waals surface area contributed by atoms with Crippen molar-refractivity contribution in [2.45, 2.75) is 19.0 Å². The number of imidazole rings is 1. The number of nitrogens with one attached hydrogen (secondary N) is 1. The number of fused-ring (bicyclic) bond motifs is 1. The number of nitrogens with zero attached hydrogens (tertiary/aromatic N) is 4. The molecule has 3 aromatic heterocycles. The molecule has 3 heterocycles. The Labute approximate surface area is 178 Å². The number of hydrogen-bond donors (Lipinski definition) is 1. The molecule has 0 fully saturated rings. The third kappa shape index (κ3) is 3.86. The fourth-order valence-electron chi connectivity index (χ4n) is 3.35. The smallest absolute Gasteiger partial charge is 0.274 e. The molecule has 0 aliphatic carbocycles. The Kier molecular flexibility index (Phi) is 5.41. The van der Waals surface area contributed by atoms with Crippen molar-refractivity contribution in [3.63, 3.8) is 0 Å². The zero-order valence-electron chi connectivity index (χ0n) is 16.9. The summed E-state index contributed by atoms with van der Waals surface area (Å²) < 4.78 is 3.45. The summed E-state index contributed by atoms with van der Waals surface area (Å²) in [6, 6.07) is 15.3. The average Bonchev–Trinajstić information content (AvgIpc) is 3.31. The second-order valence-corrected chi connectivity index (χ2v) is 7.95. The van der Waals surface area contributed by atoms with Crippen LogP contribution in [-0.2, 0) is 11.8 Å². The van der Waals surface area contributed by atoms with Gasteiger partial charge in [0.1, 0.15) is 5.69 Å². The molecule has 4 aromatic rings. The van der Waals surface area contributed by atoms with Crippen LogP contribution >= 0.6 is 11.8 Å². The van der Waals surface area contributed by atoms with Crippen LogP contribution in [-0.4, -0.2) is 36.7 Å². The van der Waals surface area contributed by atoms with Crippen LogP contribution in [0.2, 0.25) is 0 Å². The van der Waals surface area contributed by atoms with Crippen LogP contribution in [0.4, 0.5) is 0 Å². The highest BCUT2D eigenvalue weighted by molar-refractivity contribution is 7.99. The molecule has 1 aromatic carbocycles. The van der Waals surface area contributed by atoms with Gasteiger partial charge in [-0.05, 0) is 37.6 Å². The summed E-state index contributed by atoms with van der Waals surface area (Å²) in [5.74, 6) is -0.748. The van der Waals surface area contributed by atoms with E-state index in [1.54, 1.807) is 34.5 Å². The highest BCUT2D eigenvalue weighted by Gasteiger charge is 2.19. The molecule has 4 rings (SSSR count). The van der Waals surface area contributed by atoms with Crippen molar-refractivity contribution in [3.8, 4) is 11.3 Å². The van der Waals surface area contributed by atoms with E-state index in [0.717, 1.165) is 28.0 Å². The van der Waals surface area contributed by atoms with Crippen LogP contribution in [0.1, 0.15) is 21.7 Å². The normalized spacial score (nSPS) is 11.0. The molecular weight excluding hydrogens is 398 g/mol. The lowest BCUT2D eigenvalue weighted by Crippen LogP contribution is -2.33. The van der Waals surface area contributed by atoms with E-state index >= 15 is 0 Å². The second-order valence-electron chi connectivity index (χ2n) is 7.01. The summed E-state index contributed by atoms with van der Waals surface area (Å²) in [4.78, 5) is 29.4. The molecule has 1 N–H and O–H groups in total. The average molecular weight is 420 g/mol. The van der Waals surface area contributed by atoms with Crippen molar-refractivity contribution in [2.24, 2.45) is 7.05 Å². The minimum absolute atomic E-state index is 0.0537.